The monoisotopic (exact) mass is 164 g/mol. The van der Waals surface area contributed by atoms with E-state index in [1.807, 2.05) is 0 Å². The molecule has 1 heterocycles. The van der Waals surface area contributed by atoms with Crippen LogP contribution in [0.3, 0.4) is 0 Å². The van der Waals surface area contributed by atoms with Crippen molar-refractivity contribution in [2.75, 3.05) is 6.54 Å². The van der Waals surface area contributed by atoms with E-state index in [0.717, 1.165) is 0 Å². The van der Waals surface area contributed by atoms with Crippen molar-refractivity contribution in [3.05, 3.63) is 11.6 Å². The minimum absolute atomic E-state index is 0. The van der Waals surface area contributed by atoms with Gasteiger partial charge < -0.3 is 20.4 Å². The summed E-state index contributed by atoms with van der Waals surface area (Å²) in [5.41, 5.74) is 0.162. The van der Waals surface area contributed by atoms with Crippen molar-refractivity contribution >= 4 is 11.7 Å². The first-order valence-corrected chi connectivity index (χ1v) is 2.62. The van der Waals surface area contributed by atoms with Gasteiger partial charge in [0.05, 0.1) is 5.78 Å². The molecular weight excluding hydrogens is 157 g/mol. The van der Waals surface area contributed by atoms with Crippen LogP contribution >= 0.6 is 0 Å². The van der Waals surface area contributed by atoms with Crippen LogP contribution in [0.15, 0.2) is 5.57 Å². The Kier molecular flexibility index (Phi) is 6.70. The molecule has 0 aliphatic carbocycles. The van der Waals surface area contributed by atoms with E-state index in [-0.39, 0.29) is 52.3 Å². The summed E-state index contributed by atoms with van der Waals surface area (Å²) in [6.07, 6.45) is 2.61. The SMILES string of the molecule is CC(=O)C1=[C-]CNC1=O.[Na+].[OH-]. The van der Waals surface area contributed by atoms with Gasteiger partial charge in [-0.15, -0.1) is 0 Å². The van der Waals surface area contributed by atoms with Crippen LogP contribution in [0.25, 0.3) is 0 Å². The number of ketones is 1. The maximum atomic E-state index is 10.6. The molecule has 4 nitrogen and oxygen atoms in total. The van der Waals surface area contributed by atoms with Crippen molar-refractivity contribution in [3.8, 4) is 0 Å². The van der Waals surface area contributed by atoms with E-state index in [4.69, 9.17) is 0 Å². The number of Topliss-reactive ketones (excluding diaryl/α,β-unsaturated/α-hetero) is 1. The predicted octanol–water partition coefficient (Wildman–Crippen LogP) is -3.74. The molecule has 0 fully saturated rings. The Balaban J connectivity index is 0. The molecule has 0 aromatic rings. The second kappa shape index (κ2) is 5.49. The quantitative estimate of drug-likeness (QED) is 0.246. The van der Waals surface area contributed by atoms with Crippen LogP contribution in [0.2, 0.25) is 0 Å². The number of nitrogens with one attached hydrogen (secondary N) is 1. The first-order valence-electron chi connectivity index (χ1n) is 2.62. The molecule has 0 bridgehead atoms. The Morgan fingerprint density at radius 3 is 2.36 bits per heavy atom. The zero-order chi connectivity index (χ0) is 6.85. The van der Waals surface area contributed by atoms with Gasteiger partial charge in [0.2, 0.25) is 0 Å². The van der Waals surface area contributed by atoms with Gasteiger partial charge in [-0.3, -0.25) is 0 Å². The molecule has 0 aromatic heterocycles. The Bertz CT molecular complexity index is 200. The fraction of sp³-hybridized carbons (Fsp3) is 0.333. The first kappa shape index (κ1) is 13.4. The molecule has 1 rings (SSSR count). The minimum atomic E-state index is -0.303. The normalized spacial score (nSPS) is 13.9. The summed E-state index contributed by atoms with van der Waals surface area (Å²) in [5, 5.41) is 2.44. The number of hydrogen-bond donors (Lipinski definition) is 1. The van der Waals surface area contributed by atoms with Crippen LogP contribution in [0.4, 0.5) is 0 Å². The third-order valence-electron chi connectivity index (χ3n) is 1.09. The van der Waals surface area contributed by atoms with Gasteiger partial charge in [0.25, 0.3) is 0 Å². The molecule has 1 amide bonds. The summed E-state index contributed by atoms with van der Waals surface area (Å²) in [5.74, 6) is -0.521. The third-order valence-corrected chi connectivity index (χ3v) is 1.09. The van der Waals surface area contributed by atoms with Crippen molar-refractivity contribution in [2.24, 2.45) is 0 Å². The van der Waals surface area contributed by atoms with Crippen molar-refractivity contribution < 1.29 is 44.6 Å². The smallest absolute Gasteiger partial charge is 0.870 e. The molecule has 1 aliphatic rings. The Labute approximate surface area is 86.6 Å². The second-order valence-corrected chi connectivity index (χ2v) is 1.79. The maximum absolute atomic E-state index is 10.6. The van der Waals surface area contributed by atoms with Crippen LogP contribution < -0.4 is 34.9 Å². The van der Waals surface area contributed by atoms with Crippen molar-refractivity contribution in [3.63, 3.8) is 0 Å². The number of carbonyl (C=O) groups is 2. The van der Waals surface area contributed by atoms with Gasteiger partial charge in [-0.25, -0.2) is 0 Å². The summed E-state index contributed by atoms with van der Waals surface area (Å²) < 4.78 is 0. The average molecular weight is 164 g/mol. The fourth-order valence-corrected chi connectivity index (χ4v) is 0.666. The summed E-state index contributed by atoms with van der Waals surface area (Å²) in [6.45, 7) is 1.72. The number of rotatable bonds is 1. The van der Waals surface area contributed by atoms with Gasteiger partial charge in [-0.2, -0.15) is 6.08 Å². The standard InChI is InChI=1S/C6H6NO2.Na.H2O/c1-4(8)5-2-3-7-6(5)9;;/h3H2,1H3,(H,7,9);;1H2/q-1;+1;/p-1. The Hall–Kier alpha value is -0.160. The third kappa shape index (κ3) is 3.16. The Morgan fingerprint density at radius 1 is 1.64 bits per heavy atom. The molecule has 11 heavy (non-hydrogen) atoms. The van der Waals surface area contributed by atoms with Gasteiger partial charge in [-0.05, 0) is 13.5 Å². The topological polar surface area (TPSA) is 76.2 Å². The van der Waals surface area contributed by atoms with Gasteiger partial charge in [0.1, 0.15) is 5.91 Å². The number of hydrogen-bond acceptors (Lipinski definition) is 3. The number of amides is 1. The maximum Gasteiger partial charge on any atom is 1.00 e. The van der Waals surface area contributed by atoms with E-state index in [0.29, 0.717) is 6.54 Å². The summed E-state index contributed by atoms with van der Waals surface area (Å²) >= 11 is 0. The molecule has 0 atom stereocenters. The Morgan fingerprint density at radius 2 is 2.18 bits per heavy atom. The van der Waals surface area contributed by atoms with E-state index in [1.54, 1.807) is 0 Å². The molecule has 56 valence electrons. The number of carbonyl (C=O) groups excluding carboxylic acids is 2. The molecular formula is C6H7NNaO3-. The van der Waals surface area contributed by atoms with Crippen LogP contribution in [0.5, 0.6) is 0 Å². The van der Waals surface area contributed by atoms with Gasteiger partial charge >= 0.3 is 29.6 Å². The molecule has 2 N–H and O–H groups in total. The second-order valence-electron chi connectivity index (χ2n) is 1.79. The zero-order valence-corrected chi connectivity index (χ0v) is 8.47. The predicted molar refractivity (Wildman–Crippen MR) is 32.4 cm³/mol. The van der Waals surface area contributed by atoms with E-state index < -0.39 is 0 Å². The molecule has 0 unspecified atom stereocenters. The van der Waals surface area contributed by atoms with E-state index in [2.05, 4.69) is 11.4 Å². The molecule has 1 aliphatic heterocycles. The molecule has 0 spiro atoms. The molecule has 0 aromatic carbocycles. The van der Waals surface area contributed by atoms with Crippen LogP contribution in [0, 0.1) is 6.08 Å². The fourth-order valence-electron chi connectivity index (χ4n) is 0.666. The van der Waals surface area contributed by atoms with E-state index >= 15 is 0 Å². The summed E-state index contributed by atoms with van der Waals surface area (Å²) in [6, 6.07) is 0. The largest absolute Gasteiger partial charge is 1.00 e. The molecule has 5 heteroatoms. The zero-order valence-electron chi connectivity index (χ0n) is 6.47. The van der Waals surface area contributed by atoms with E-state index in [1.165, 1.54) is 6.92 Å². The average Bonchev–Trinajstić information content (AvgIpc) is 2.13. The van der Waals surface area contributed by atoms with E-state index in [9.17, 15) is 9.59 Å². The molecule has 0 saturated heterocycles. The van der Waals surface area contributed by atoms with Gasteiger partial charge in [0, 0.05) is 0 Å². The minimum Gasteiger partial charge on any atom is -0.870 e. The van der Waals surface area contributed by atoms with Crippen molar-refractivity contribution in [1.29, 1.82) is 0 Å². The van der Waals surface area contributed by atoms with Crippen molar-refractivity contribution in [1.82, 2.24) is 5.32 Å². The van der Waals surface area contributed by atoms with Crippen LogP contribution in [0.1, 0.15) is 6.92 Å². The summed E-state index contributed by atoms with van der Waals surface area (Å²) in [4.78, 5) is 21.1. The van der Waals surface area contributed by atoms with Gasteiger partial charge in [-0.1, -0.05) is 5.57 Å². The van der Waals surface area contributed by atoms with Gasteiger partial charge in [0.15, 0.2) is 0 Å². The summed E-state index contributed by atoms with van der Waals surface area (Å²) in [7, 11) is 0. The van der Waals surface area contributed by atoms with Crippen LogP contribution in [-0.4, -0.2) is 23.7 Å². The van der Waals surface area contributed by atoms with Crippen LogP contribution in [-0.2, 0) is 9.59 Å². The first-order chi connectivity index (χ1) is 4.22. The van der Waals surface area contributed by atoms with Crippen molar-refractivity contribution in [2.45, 2.75) is 6.92 Å². The molecule has 0 radical (unpaired) electrons. The molecule has 0 saturated carbocycles.